The standard InChI is InChI=1S/C16H28N2O3/c1-6-20-15(19)14-11-21-16(17-14)18(9-7-12(2)3)10-8-13(4)5/h11-13H,6-10H2,1-5H3. The zero-order valence-corrected chi connectivity index (χ0v) is 13.9. The molecule has 0 aromatic carbocycles. The Morgan fingerprint density at radius 2 is 1.81 bits per heavy atom. The van der Waals surface area contributed by atoms with Gasteiger partial charge in [0.25, 0.3) is 6.01 Å². The van der Waals surface area contributed by atoms with Crippen LogP contribution in [0.3, 0.4) is 0 Å². The van der Waals surface area contributed by atoms with E-state index >= 15 is 0 Å². The SMILES string of the molecule is CCOC(=O)c1coc(N(CCC(C)C)CCC(C)C)n1. The number of carbonyl (C=O) groups is 1. The predicted octanol–water partition coefficient (Wildman–Crippen LogP) is 3.75. The number of carbonyl (C=O) groups excluding carboxylic acids is 1. The Bertz CT molecular complexity index is 415. The molecule has 0 spiro atoms. The highest BCUT2D eigenvalue weighted by atomic mass is 16.5. The van der Waals surface area contributed by atoms with Gasteiger partial charge in [-0.05, 0) is 31.6 Å². The van der Waals surface area contributed by atoms with Crippen molar-refractivity contribution in [2.24, 2.45) is 11.8 Å². The molecule has 0 bridgehead atoms. The lowest BCUT2D eigenvalue weighted by atomic mass is 10.1. The summed E-state index contributed by atoms with van der Waals surface area (Å²) in [5, 5.41) is 0. The Labute approximate surface area is 127 Å². The van der Waals surface area contributed by atoms with E-state index in [0.29, 0.717) is 24.5 Å². The Balaban J connectivity index is 2.74. The van der Waals surface area contributed by atoms with Crippen molar-refractivity contribution in [3.8, 4) is 0 Å². The first-order chi connectivity index (χ1) is 9.93. The molecule has 0 N–H and O–H groups in total. The molecule has 21 heavy (non-hydrogen) atoms. The van der Waals surface area contributed by atoms with Crippen molar-refractivity contribution in [3.05, 3.63) is 12.0 Å². The zero-order valence-electron chi connectivity index (χ0n) is 13.9. The van der Waals surface area contributed by atoms with Gasteiger partial charge in [0.2, 0.25) is 0 Å². The summed E-state index contributed by atoms with van der Waals surface area (Å²) in [4.78, 5) is 18.0. The summed E-state index contributed by atoms with van der Waals surface area (Å²) >= 11 is 0. The van der Waals surface area contributed by atoms with Crippen molar-refractivity contribution >= 4 is 12.0 Å². The average Bonchev–Trinajstić information content (AvgIpc) is 2.88. The maximum atomic E-state index is 11.6. The average molecular weight is 296 g/mol. The lowest BCUT2D eigenvalue weighted by molar-refractivity contribution is 0.0519. The lowest BCUT2D eigenvalue weighted by Gasteiger charge is -2.22. The van der Waals surface area contributed by atoms with Crippen molar-refractivity contribution < 1.29 is 13.9 Å². The molecule has 120 valence electrons. The van der Waals surface area contributed by atoms with Crippen LogP contribution in [0.25, 0.3) is 0 Å². The number of hydrogen-bond donors (Lipinski definition) is 0. The fraction of sp³-hybridized carbons (Fsp3) is 0.750. The summed E-state index contributed by atoms with van der Waals surface area (Å²) in [6.45, 7) is 12.7. The number of ether oxygens (including phenoxy) is 1. The maximum absolute atomic E-state index is 11.6. The number of hydrogen-bond acceptors (Lipinski definition) is 5. The highest BCUT2D eigenvalue weighted by molar-refractivity contribution is 5.87. The van der Waals surface area contributed by atoms with E-state index < -0.39 is 5.97 Å². The normalized spacial score (nSPS) is 11.2. The third kappa shape index (κ3) is 6.19. The van der Waals surface area contributed by atoms with Crippen LogP contribution in [-0.4, -0.2) is 30.6 Å². The summed E-state index contributed by atoms with van der Waals surface area (Å²) < 4.78 is 10.4. The van der Waals surface area contributed by atoms with Gasteiger partial charge in [0.1, 0.15) is 6.26 Å². The van der Waals surface area contributed by atoms with Crippen molar-refractivity contribution in [1.29, 1.82) is 0 Å². The van der Waals surface area contributed by atoms with Crippen LogP contribution in [0.4, 0.5) is 6.01 Å². The molecule has 0 unspecified atom stereocenters. The maximum Gasteiger partial charge on any atom is 0.360 e. The monoisotopic (exact) mass is 296 g/mol. The quantitative estimate of drug-likeness (QED) is 0.650. The number of esters is 1. The van der Waals surface area contributed by atoms with Gasteiger partial charge in [0.05, 0.1) is 6.61 Å². The van der Waals surface area contributed by atoms with E-state index in [0.717, 1.165) is 25.9 Å². The van der Waals surface area contributed by atoms with E-state index in [1.54, 1.807) is 6.92 Å². The second-order valence-electron chi connectivity index (χ2n) is 6.09. The largest absolute Gasteiger partial charge is 0.461 e. The van der Waals surface area contributed by atoms with Gasteiger partial charge >= 0.3 is 5.97 Å². The van der Waals surface area contributed by atoms with Gasteiger partial charge in [-0.15, -0.1) is 0 Å². The molecule has 1 rings (SSSR count). The van der Waals surface area contributed by atoms with E-state index in [1.165, 1.54) is 6.26 Å². The van der Waals surface area contributed by atoms with E-state index in [-0.39, 0.29) is 5.69 Å². The molecule has 0 aliphatic heterocycles. The number of oxazole rings is 1. The first-order valence-corrected chi connectivity index (χ1v) is 7.81. The highest BCUT2D eigenvalue weighted by Gasteiger charge is 2.18. The van der Waals surface area contributed by atoms with E-state index in [2.05, 4.69) is 37.6 Å². The molecule has 1 aromatic heterocycles. The second-order valence-corrected chi connectivity index (χ2v) is 6.09. The number of anilines is 1. The van der Waals surface area contributed by atoms with Crippen molar-refractivity contribution in [2.75, 3.05) is 24.6 Å². The first kappa shape index (κ1) is 17.5. The molecule has 5 nitrogen and oxygen atoms in total. The fourth-order valence-electron chi connectivity index (χ4n) is 1.84. The molecule has 0 aliphatic carbocycles. The minimum atomic E-state index is -0.430. The third-order valence-corrected chi connectivity index (χ3v) is 3.20. The van der Waals surface area contributed by atoms with E-state index in [9.17, 15) is 4.79 Å². The molecule has 0 radical (unpaired) electrons. The van der Waals surface area contributed by atoms with Gasteiger partial charge in [-0.1, -0.05) is 27.7 Å². The van der Waals surface area contributed by atoms with Crippen LogP contribution in [0.15, 0.2) is 10.7 Å². The molecular formula is C16H28N2O3. The lowest BCUT2D eigenvalue weighted by Crippen LogP contribution is -2.28. The Morgan fingerprint density at radius 3 is 2.29 bits per heavy atom. The van der Waals surface area contributed by atoms with Gasteiger partial charge < -0.3 is 14.1 Å². The predicted molar refractivity (Wildman–Crippen MR) is 83.6 cm³/mol. The summed E-state index contributed by atoms with van der Waals surface area (Å²) in [5.74, 6) is 0.803. The van der Waals surface area contributed by atoms with Gasteiger partial charge in [0, 0.05) is 13.1 Å². The Kier molecular flexibility index (Phi) is 7.26. The number of nitrogens with zero attached hydrogens (tertiary/aromatic N) is 2. The molecule has 0 amide bonds. The highest BCUT2D eigenvalue weighted by Crippen LogP contribution is 2.17. The molecule has 0 aliphatic rings. The smallest absolute Gasteiger partial charge is 0.360 e. The summed E-state index contributed by atoms with van der Waals surface area (Å²) in [5.41, 5.74) is 0.242. The fourth-order valence-corrected chi connectivity index (χ4v) is 1.84. The molecule has 1 heterocycles. The van der Waals surface area contributed by atoms with Crippen molar-refractivity contribution in [2.45, 2.75) is 47.5 Å². The Hall–Kier alpha value is -1.52. The topological polar surface area (TPSA) is 55.6 Å². The van der Waals surface area contributed by atoms with Gasteiger partial charge in [0.15, 0.2) is 5.69 Å². The molecule has 0 saturated heterocycles. The second kappa shape index (κ2) is 8.70. The van der Waals surface area contributed by atoms with Crippen LogP contribution in [0.5, 0.6) is 0 Å². The number of aromatic nitrogens is 1. The number of rotatable bonds is 9. The summed E-state index contributed by atoms with van der Waals surface area (Å²) in [6, 6.07) is 0.513. The van der Waals surface area contributed by atoms with Crippen LogP contribution in [0, 0.1) is 11.8 Å². The molecule has 0 fully saturated rings. The molecule has 0 saturated carbocycles. The summed E-state index contributed by atoms with van der Waals surface area (Å²) in [6.07, 6.45) is 3.51. The Morgan fingerprint density at radius 1 is 1.24 bits per heavy atom. The van der Waals surface area contributed by atoms with Crippen LogP contribution in [-0.2, 0) is 4.74 Å². The van der Waals surface area contributed by atoms with Crippen LogP contribution in [0.1, 0.15) is 57.9 Å². The molecular weight excluding hydrogens is 268 g/mol. The minimum absolute atomic E-state index is 0.242. The zero-order chi connectivity index (χ0) is 15.8. The minimum Gasteiger partial charge on any atom is -0.461 e. The third-order valence-electron chi connectivity index (χ3n) is 3.20. The molecule has 5 heteroatoms. The van der Waals surface area contributed by atoms with Crippen LogP contribution < -0.4 is 4.90 Å². The van der Waals surface area contributed by atoms with E-state index in [4.69, 9.17) is 9.15 Å². The van der Waals surface area contributed by atoms with Crippen LogP contribution in [0.2, 0.25) is 0 Å². The van der Waals surface area contributed by atoms with E-state index in [1.807, 2.05) is 0 Å². The van der Waals surface area contributed by atoms with Crippen molar-refractivity contribution in [1.82, 2.24) is 4.98 Å². The van der Waals surface area contributed by atoms with Crippen molar-refractivity contribution in [3.63, 3.8) is 0 Å². The summed E-state index contributed by atoms with van der Waals surface area (Å²) in [7, 11) is 0. The molecule has 0 atom stereocenters. The van der Waals surface area contributed by atoms with Crippen LogP contribution >= 0.6 is 0 Å². The van der Waals surface area contributed by atoms with Gasteiger partial charge in [-0.25, -0.2) is 4.79 Å². The van der Waals surface area contributed by atoms with Gasteiger partial charge in [-0.3, -0.25) is 0 Å². The molecule has 1 aromatic rings. The van der Waals surface area contributed by atoms with Gasteiger partial charge in [-0.2, -0.15) is 4.98 Å². The first-order valence-electron chi connectivity index (χ1n) is 7.81.